The maximum absolute atomic E-state index is 10.6. The summed E-state index contributed by atoms with van der Waals surface area (Å²) in [6.07, 6.45) is 0.284. The molecule has 0 aromatic carbocycles. The van der Waals surface area contributed by atoms with Gasteiger partial charge >= 0.3 is 5.97 Å². The van der Waals surface area contributed by atoms with Crippen LogP contribution in [0, 0.1) is 0 Å². The maximum Gasteiger partial charge on any atom is 0.307 e. The number of hydrogen-bond acceptors (Lipinski definition) is 4. The van der Waals surface area contributed by atoms with E-state index < -0.39 is 0 Å². The molecular formula is C8H15ClO4. The van der Waals surface area contributed by atoms with Crippen molar-refractivity contribution in [3.8, 4) is 0 Å². The Kier molecular flexibility index (Phi) is 9.53. The van der Waals surface area contributed by atoms with E-state index in [0.29, 0.717) is 32.3 Å². The summed E-state index contributed by atoms with van der Waals surface area (Å²) in [5.74, 6) is 0.226. The largest absolute Gasteiger partial charge is 0.469 e. The van der Waals surface area contributed by atoms with Crippen molar-refractivity contribution in [1.82, 2.24) is 0 Å². The first-order valence-electron chi connectivity index (χ1n) is 4.09. The molecule has 0 aliphatic carbocycles. The first kappa shape index (κ1) is 12.7. The molecule has 0 heterocycles. The van der Waals surface area contributed by atoms with Crippen molar-refractivity contribution in [1.29, 1.82) is 0 Å². The van der Waals surface area contributed by atoms with Crippen molar-refractivity contribution in [3.05, 3.63) is 0 Å². The molecule has 0 aliphatic heterocycles. The van der Waals surface area contributed by atoms with Gasteiger partial charge in [0, 0.05) is 5.88 Å². The zero-order valence-electron chi connectivity index (χ0n) is 7.75. The highest BCUT2D eigenvalue weighted by Gasteiger charge is 1.98. The minimum atomic E-state index is -0.262. The normalized spacial score (nSPS) is 10.0. The molecule has 0 saturated carbocycles. The Labute approximate surface area is 83.1 Å². The standard InChI is InChI=1S/C8H15ClO4/c1-11-8(10)2-4-12-6-7-13-5-3-9/h2-7H2,1H3. The van der Waals surface area contributed by atoms with E-state index in [0.717, 1.165) is 0 Å². The predicted molar refractivity (Wildman–Crippen MR) is 49.0 cm³/mol. The van der Waals surface area contributed by atoms with Gasteiger partial charge in [0.2, 0.25) is 0 Å². The SMILES string of the molecule is COC(=O)CCOCCOCCCl. The predicted octanol–water partition coefficient (Wildman–Crippen LogP) is 0.821. The molecule has 0 bridgehead atoms. The Morgan fingerprint density at radius 2 is 1.77 bits per heavy atom. The molecule has 0 N–H and O–H groups in total. The van der Waals surface area contributed by atoms with Crippen LogP contribution >= 0.6 is 11.6 Å². The lowest BCUT2D eigenvalue weighted by Crippen LogP contribution is -2.10. The molecule has 78 valence electrons. The molecule has 4 nitrogen and oxygen atoms in total. The van der Waals surface area contributed by atoms with Crippen molar-refractivity contribution in [2.24, 2.45) is 0 Å². The summed E-state index contributed by atoms with van der Waals surface area (Å²) >= 11 is 5.37. The zero-order chi connectivity index (χ0) is 9.94. The van der Waals surface area contributed by atoms with E-state index in [9.17, 15) is 4.79 Å². The van der Waals surface area contributed by atoms with Crippen LogP contribution in [0.15, 0.2) is 0 Å². The smallest absolute Gasteiger partial charge is 0.307 e. The van der Waals surface area contributed by atoms with Crippen molar-refractivity contribution < 1.29 is 19.0 Å². The van der Waals surface area contributed by atoms with Gasteiger partial charge in [0.05, 0.1) is 40.0 Å². The topological polar surface area (TPSA) is 44.8 Å². The lowest BCUT2D eigenvalue weighted by atomic mass is 10.5. The summed E-state index contributed by atoms with van der Waals surface area (Å²) in [4.78, 5) is 10.6. The number of methoxy groups -OCH3 is 1. The quantitative estimate of drug-likeness (QED) is 0.338. The Balaban J connectivity index is 2.95. The van der Waals surface area contributed by atoms with Crippen molar-refractivity contribution in [2.45, 2.75) is 6.42 Å². The fourth-order valence-electron chi connectivity index (χ4n) is 0.634. The van der Waals surface area contributed by atoms with Crippen molar-refractivity contribution >= 4 is 17.6 Å². The second-order valence-corrected chi connectivity index (χ2v) is 2.62. The highest BCUT2D eigenvalue weighted by molar-refractivity contribution is 6.17. The van der Waals surface area contributed by atoms with Crippen LogP contribution in [0.1, 0.15) is 6.42 Å². The van der Waals surface area contributed by atoms with Gasteiger partial charge in [0.15, 0.2) is 0 Å². The molecule has 0 unspecified atom stereocenters. The fourth-order valence-corrected chi connectivity index (χ4v) is 0.743. The number of esters is 1. The summed E-state index contributed by atoms with van der Waals surface area (Å²) in [5.41, 5.74) is 0. The first-order valence-corrected chi connectivity index (χ1v) is 4.63. The van der Waals surface area contributed by atoms with E-state index in [-0.39, 0.29) is 12.4 Å². The second-order valence-electron chi connectivity index (χ2n) is 2.24. The third-order valence-electron chi connectivity index (χ3n) is 1.27. The van der Waals surface area contributed by atoms with E-state index in [4.69, 9.17) is 21.1 Å². The fraction of sp³-hybridized carbons (Fsp3) is 0.875. The van der Waals surface area contributed by atoms with Crippen LogP contribution < -0.4 is 0 Å². The van der Waals surface area contributed by atoms with Crippen molar-refractivity contribution in [3.63, 3.8) is 0 Å². The number of rotatable bonds is 8. The first-order chi connectivity index (χ1) is 6.31. The molecule has 0 rings (SSSR count). The molecule has 0 aromatic heterocycles. The number of ether oxygens (including phenoxy) is 3. The van der Waals surface area contributed by atoms with Crippen LogP contribution in [0.2, 0.25) is 0 Å². The van der Waals surface area contributed by atoms with E-state index in [1.165, 1.54) is 7.11 Å². The number of hydrogen-bond donors (Lipinski definition) is 0. The Bertz CT molecular complexity index is 129. The number of carbonyl (C=O) groups is 1. The third-order valence-corrected chi connectivity index (χ3v) is 1.43. The van der Waals surface area contributed by atoms with E-state index in [1.807, 2.05) is 0 Å². The van der Waals surface area contributed by atoms with Gasteiger partial charge in [0.25, 0.3) is 0 Å². The molecular weight excluding hydrogens is 196 g/mol. The van der Waals surface area contributed by atoms with Crippen LogP contribution in [-0.2, 0) is 19.0 Å². The third kappa shape index (κ3) is 9.60. The van der Waals surface area contributed by atoms with Crippen LogP contribution in [0.3, 0.4) is 0 Å². The average molecular weight is 211 g/mol. The lowest BCUT2D eigenvalue weighted by molar-refractivity contribution is -0.141. The lowest BCUT2D eigenvalue weighted by Gasteiger charge is -2.03. The Morgan fingerprint density at radius 3 is 2.31 bits per heavy atom. The molecule has 0 fully saturated rings. The van der Waals surface area contributed by atoms with Crippen LogP contribution in [0.4, 0.5) is 0 Å². The van der Waals surface area contributed by atoms with Crippen molar-refractivity contribution in [2.75, 3.05) is 39.4 Å². The van der Waals surface area contributed by atoms with Gasteiger partial charge in [-0.05, 0) is 0 Å². The summed E-state index contributed by atoms with van der Waals surface area (Å²) < 4.78 is 14.6. The van der Waals surface area contributed by atoms with Gasteiger partial charge in [-0.3, -0.25) is 4.79 Å². The zero-order valence-corrected chi connectivity index (χ0v) is 8.51. The summed E-state index contributed by atoms with van der Waals surface area (Å²) in [7, 11) is 1.35. The van der Waals surface area contributed by atoms with Crippen LogP contribution in [0.5, 0.6) is 0 Å². The molecule has 13 heavy (non-hydrogen) atoms. The summed E-state index contributed by atoms with van der Waals surface area (Å²) in [6.45, 7) is 1.89. The van der Waals surface area contributed by atoms with Gasteiger partial charge in [-0.2, -0.15) is 0 Å². The molecule has 0 aliphatic rings. The van der Waals surface area contributed by atoms with E-state index in [1.54, 1.807) is 0 Å². The molecule has 0 aromatic rings. The van der Waals surface area contributed by atoms with Crippen LogP contribution in [0.25, 0.3) is 0 Å². The monoisotopic (exact) mass is 210 g/mol. The highest BCUT2D eigenvalue weighted by atomic mass is 35.5. The second kappa shape index (κ2) is 9.77. The number of halogens is 1. The minimum absolute atomic E-state index is 0.262. The van der Waals surface area contributed by atoms with Gasteiger partial charge in [-0.15, -0.1) is 11.6 Å². The maximum atomic E-state index is 10.6. The number of carbonyl (C=O) groups excluding carboxylic acids is 1. The Hall–Kier alpha value is -0.320. The van der Waals surface area contributed by atoms with Gasteiger partial charge in [-0.25, -0.2) is 0 Å². The molecule has 0 atom stereocenters. The molecule has 5 heteroatoms. The number of alkyl halides is 1. The highest BCUT2D eigenvalue weighted by Crippen LogP contribution is 1.87. The van der Waals surface area contributed by atoms with Crippen LogP contribution in [-0.4, -0.2) is 45.4 Å². The van der Waals surface area contributed by atoms with Gasteiger partial charge in [0.1, 0.15) is 0 Å². The summed E-state index contributed by atoms with van der Waals surface area (Å²) in [6, 6.07) is 0. The van der Waals surface area contributed by atoms with E-state index >= 15 is 0 Å². The molecule has 0 spiro atoms. The van der Waals surface area contributed by atoms with Gasteiger partial charge in [-0.1, -0.05) is 0 Å². The minimum Gasteiger partial charge on any atom is -0.469 e. The average Bonchev–Trinajstić information content (AvgIpc) is 2.16. The molecule has 0 amide bonds. The van der Waals surface area contributed by atoms with E-state index in [2.05, 4.69) is 4.74 Å². The Morgan fingerprint density at radius 1 is 1.15 bits per heavy atom. The van der Waals surface area contributed by atoms with Gasteiger partial charge < -0.3 is 14.2 Å². The molecule has 0 radical (unpaired) electrons. The summed E-state index contributed by atoms with van der Waals surface area (Å²) in [5, 5.41) is 0. The molecule has 0 saturated heterocycles.